The lowest BCUT2D eigenvalue weighted by atomic mass is 10.0. The number of aromatic nitrogens is 2. The second-order valence-electron chi connectivity index (χ2n) is 9.90. The molecule has 0 unspecified atom stereocenters. The van der Waals surface area contributed by atoms with Gasteiger partial charge in [-0.05, 0) is 81.0 Å². The number of fused-ring (bicyclic) bond motifs is 1. The first-order valence-corrected chi connectivity index (χ1v) is 11.9. The van der Waals surface area contributed by atoms with Crippen LogP contribution in [0.4, 0.5) is 4.79 Å². The highest BCUT2D eigenvalue weighted by molar-refractivity contribution is 5.82. The van der Waals surface area contributed by atoms with Crippen LogP contribution < -0.4 is 0 Å². The van der Waals surface area contributed by atoms with Crippen molar-refractivity contribution in [3.63, 3.8) is 0 Å². The summed E-state index contributed by atoms with van der Waals surface area (Å²) in [5.74, 6) is 0. The fourth-order valence-corrected chi connectivity index (χ4v) is 4.48. The van der Waals surface area contributed by atoms with Crippen molar-refractivity contribution in [1.82, 2.24) is 14.9 Å². The van der Waals surface area contributed by atoms with E-state index in [9.17, 15) is 4.79 Å². The zero-order valence-electron chi connectivity index (χ0n) is 20.0. The summed E-state index contributed by atoms with van der Waals surface area (Å²) in [6.45, 7) is 7.44. The second kappa shape index (κ2) is 10.4. The Morgan fingerprint density at radius 2 is 2.03 bits per heavy atom. The molecule has 1 atom stereocenters. The van der Waals surface area contributed by atoms with E-state index in [1.807, 2.05) is 44.3 Å². The van der Waals surface area contributed by atoms with Gasteiger partial charge in [0.1, 0.15) is 5.60 Å². The van der Waals surface area contributed by atoms with Crippen molar-refractivity contribution >= 4 is 17.0 Å². The minimum Gasteiger partial charge on any atom is -0.444 e. The predicted molar refractivity (Wildman–Crippen MR) is 130 cm³/mol. The van der Waals surface area contributed by atoms with Crippen LogP contribution in [0.2, 0.25) is 0 Å². The third kappa shape index (κ3) is 6.35. The topological polar surface area (TPSA) is 67.4 Å². The van der Waals surface area contributed by atoms with Gasteiger partial charge in [-0.2, -0.15) is 0 Å². The van der Waals surface area contributed by atoms with Gasteiger partial charge in [-0.25, -0.2) is 4.79 Å². The fourth-order valence-electron chi connectivity index (χ4n) is 4.48. The maximum atomic E-state index is 12.4. The molecule has 6 nitrogen and oxygen atoms in total. The van der Waals surface area contributed by atoms with Crippen LogP contribution in [0.5, 0.6) is 0 Å². The number of carbonyl (C=O) groups is 1. The van der Waals surface area contributed by atoms with Crippen molar-refractivity contribution in [3.05, 3.63) is 65.6 Å². The van der Waals surface area contributed by atoms with Crippen LogP contribution in [0.3, 0.4) is 0 Å². The van der Waals surface area contributed by atoms with E-state index in [-0.39, 0.29) is 12.1 Å². The summed E-state index contributed by atoms with van der Waals surface area (Å²) >= 11 is 0. The van der Waals surface area contributed by atoms with Gasteiger partial charge in [0.2, 0.25) is 0 Å². The molecular weight excluding hydrogens is 414 g/mol. The second-order valence-corrected chi connectivity index (χ2v) is 9.90. The van der Waals surface area contributed by atoms with Crippen molar-refractivity contribution in [3.8, 4) is 0 Å². The highest BCUT2D eigenvalue weighted by atomic mass is 16.6. The average Bonchev–Trinajstić information content (AvgIpc) is 3.43. The normalized spacial score (nSPS) is 16.5. The number of benzene rings is 1. The van der Waals surface area contributed by atoms with E-state index >= 15 is 0 Å². The number of ether oxygens (including phenoxy) is 2. The maximum absolute atomic E-state index is 12.4. The molecule has 0 radical (unpaired) electrons. The van der Waals surface area contributed by atoms with Gasteiger partial charge >= 0.3 is 6.09 Å². The minimum absolute atomic E-state index is 0.0756. The standard InChI is InChI=1S/C27H35N3O3/c1-27(2,3)33-26(31)30-14-6-11-24(30)19-32-18-21-15-20(16-28-17-21)7-4-8-22-9-5-10-23-12-13-29-25(22)23/h5,9-10,12-13,15-17,24,29H,4,6-8,11,14,18-19H2,1-3H3/t24-/m0/s1. The van der Waals surface area contributed by atoms with Crippen molar-refractivity contribution < 1.29 is 14.3 Å². The predicted octanol–water partition coefficient (Wildman–Crippen LogP) is 5.65. The SMILES string of the molecule is CC(C)(C)OC(=O)N1CCC[C@H]1COCc1cncc(CCCc2cccc3cc[nH]c23)c1. The molecule has 33 heavy (non-hydrogen) atoms. The van der Waals surface area contributed by atoms with Crippen LogP contribution in [0.1, 0.15) is 56.7 Å². The van der Waals surface area contributed by atoms with E-state index in [2.05, 4.69) is 40.3 Å². The lowest BCUT2D eigenvalue weighted by Crippen LogP contribution is -2.41. The number of aromatic amines is 1. The Morgan fingerprint density at radius 1 is 1.18 bits per heavy atom. The van der Waals surface area contributed by atoms with Crippen molar-refractivity contribution in [1.29, 1.82) is 0 Å². The first-order chi connectivity index (χ1) is 15.9. The van der Waals surface area contributed by atoms with Gasteiger partial charge in [-0.3, -0.25) is 4.98 Å². The Labute approximate surface area is 196 Å². The average molecular weight is 450 g/mol. The van der Waals surface area contributed by atoms with E-state index in [1.165, 1.54) is 22.0 Å². The molecule has 0 spiro atoms. The van der Waals surface area contributed by atoms with Gasteiger partial charge in [0, 0.05) is 30.7 Å². The van der Waals surface area contributed by atoms with Crippen LogP contribution in [0.15, 0.2) is 48.9 Å². The summed E-state index contributed by atoms with van der Waals surface area (Å²) in [7, 11) is 0. The monoisotopic (exact) mass is 449 g/mol. The van der Waals surface area contributed by atoms with Crippen molar-refractivity contribution in [2.24, 2.45) is 0 Å². The van der Waals surface area contributed by atoms with Crippen molar-refractivity contribution in [2.75, 3.05) is 13.2 Å². The highest BCUT2D eigenvalue weighted by Gasteiger charge is 2.32. The van der Waals surface area contributed by atoms with E-state index in [1.54, 1.807) is 0 Å². The maximum Gasteiger partial charge on any atom is 0.410 e. The van der Waals surface area contributed by atoms with Gasteiger partial charge in [-0.15, -0.1) is 0 Å². The number of aryl methyl sites for hydroxylation is 2. The molecule has 3 aromatic rings. The van der Waals surface area contributed by atoms with Crippen LogP contribution in [0, 0.1) is 0 Å². The largest absolute Gasteiger partial charge is 0.444 e. The number of hydrogen-bond donors (Lipinski definition) is 1. The molecule has 1 fully saturated rings. The summed E-state index contributed by atoms with van der Waals surface area (Å²) in [5.41, 5.74) is 4.42. The van der Waals surface area contributed by atoms with Crippen LogP contribution in [-0.4, -0.2) is 45.8 Å². The number of likely N-dealkylation sites (tertiary alicyclic amines) is 1. The molecule has 1 aliphatic rings. The number of hydrogen-bond acceptors (Lipinski definition) is 4. The van der Waals surface area contributed by atoms with E-state index in [4.69, 9.17) is 9.47 Å². The number of amides is 1. The summed E-state index contributed by atoms with van der Waals surface area (Å²) in [6, 6.07) is 10.8. The third-order valence-electron chi connectivity index (χ3n) is 6.02. The smallest absolute Gasteiger partial charge is 0.410 e. The van der Waals surface area contributed by atoms with Gasteiger partial charge in [-0.1, -0.05) is 24.3 Å². The highest BCUT2D eigenvalue weighted by Crippen LogP contribution is 2.22. The summed E-state index contributed by atoms with van der Waals surface area (Å²) < 4.78 is 11.5. The van der Waals surface area contributed by atoms with E-state index in [0.29, 0.717) is 13.2 Å². The zero-order chi connectivity index (χ0) is 23.3. The lowest BCUT2D eigenvalue weighted by molar-refractivity contribution is 0.00880. The van der Waals surface area contributed by atoms with Crippen molar-refractivity contribution in [2.45, 2.75) is 71.1 Å². The molecule has 4 rings (SSSR count). The molecular formula is C27H35N3O3. The number of para-hydroxylation sites is 1. The van der Waals surface area contributed by atoms with Crippen LogP contribution in [-0.2, 0) is 28.9 Å². The Hall–Kier alpha value is -2.86. The Bertz CT molecular complexity index is 1070. The molecule has 6 heteroatoms. The Balaban J connectivity index is 1.24. The summed E-state index contributed by atoms with van der Waals surface area (Å²) in [4.78, 5) is 22.0. The molecule has 0 saturated carbocycles. The molecule has 1 saturated heterocycles. The molecule has 1 N–H and O–H groups in total. The van der Waals surface area contributed by atoms with Crippen LogP contribution in [0.25, 0.3) is 10.9 Å². The first-order valence-electron chi connectivity index (χ1n) is 11.9. The first kappa shape index (κ1) is 23.3. The summed E-state index contributed by atoms with van der Waals surface area (Å²) in [5, 5.41) is 1.26. The third-order valence-corrected chi connectivity index (χ3v) is 6.02. The zero-order valence-corrected chi connectivity index (χ0v) is 20.0. The van der Waals surface area contributed by atoms with Gasteiger partial charge in [0.15, 0.2) is 0 Å². The lowest BCUT2D eigenvalue weighted by Gasteiger charge is -2.28. The Kier molecular flexibility index (Phi) is 7.33. The number of pyridine rings is 1. The quantitative estimate of drug-likeness (QED) is 0.482. The summed E-state index contributed by atoms with van der Waals surface area (Å²) in [6.07, 6.45) is 10.6. The number of carbonyl (C=O) groups excluding carboxylic acids is 1. The molecule has 3 heterocycles. The molecule has 176 valence electrons. The van der Waals surface area contributed by atoms with Gasteiger partial charge < -0.3 is 19.4 Å². The van der Waals surface area contributed by atoms with Crippen LogP contribution >= 0.6 is 0 Å². The molecule has 2 aromatic heterocycles. The molecule has 1 amide bonds. The van der Waals surface area contributed by atoms with E-state index < -0.39 is 5.60 Å². The molecule has 0 aliphatic carbocycles. The Morgan fingerprint density at radius 3 is 2.88 bits per heavy atom. The number of nitrogens with one attached hydrogen (secondary N) is 1. The molecule has 0 bridgehead atoms. The molecule has 1 aromatic carbocycles. The van der Waals surface area contributed by atoms with Gasteiger partial charge in [0.05, 0.1) is 19.3 Å². The molecule has 1 aliphatic heterocycles. The minimum atomic E-state index is -0.481. The van der Waals surface area contributed by atoms with Gasteiger partial charge in [0.25, 0.3) is 0 Å². The van der Waals surface area contributed by atoms with E-state index in [0.717, 1.165) is 44.2 Å². The number of rotatable bonds is 8. The number of nitrogens with zero attached hydrogens (tertiary/aromatic N) is 2. The fraction of sp³-hybridized carbons (Fsp3) is 0.481. The number of H-pyrrole nitrogens is 1.